The van der Waals surface area contributed by atoms with Gasteiger partial charge in [0.15, 0.2) is 0 Å². The second kappa shape index (κ2) is 9.74. The van der Waals surface area contributed by atoms with E-state index >= 15 is 0 Å². The van der Waals surface area contributed by atoms with Crippen molar-refractivity contribution in [3.05, 3.63) is 0 Å². The second-order valence-electron chi connectivity index (χ2n) is 11.1. The standard InChI is InChI=1S/C23H47NO4/c1-15(2)11-17(22(7,8)27-13-21(5,6)25)20-19(16(3)4)18(12-26-20)23(9,10)28-14-24/h15-20,25H,11-14,24H2,1-10H3. The molecule has 0 bridgehead atoms. The maximum absolute atomic E-state index is 10.2. The molecule has 0 aliphatic carbocycles. The summed E-state index contributed by atoms with van der Waals surface area (Å²) in [5.41, 5.74) is 4.11. The summed E-state index contributed by atoms with van der Waals surface area (Å²) in [4.78, 5) is 0. The fourth-order valence-electron chi connectivity index (χ4n) is 4.67. The summed E-state index contributed by atoms with van der Waals surface area (Å²) >= 11 is 0. The Labute approximate surface area is 173 Å². The minimum Gasteiger partial charge on any atom is -0.388 e. The van der Waals surface area contributed by atoms with Gasteiger partial charge in [0, 0.05) is 11.8 Å². The van der Waals surface area contributed by atoms with Gasteiger partial charge >= 0.3 is 0 Å². The second-order valence-corrected chi connectivity index (χ2v) is 11.1. The van der Waals surface area contributed by atoms with E-state index < -0.39 is 11.2 Å². The monoisotopic (exact) mass is 401 g/mol. The molecule has 0 amide bonds. The topological polar surface area (TPSA) is 73.9 Å². The Balaban J connectivity index is 3.18. The maximum atomic E-state index is 10.2. The molecular formula is C23H47NO4. The molecule has 0 saturated carbocycles. The molecule has 168 valence electrons. The Bertz CT molecular complexity index is 468. The van der Waals surface area contributed by atoms with E-state index in [2.05, 4.69) is 55.4 Å². The molecule has 4 unspecified atom stereocenters. The van der Waals surface area contributed by atoms with Crippen molar-refractivity contribution in [1.29, 1.82) is 0 Å². The van der Waals surface area contributed by atoms with E-state index in [1.54, 1.807) is 13.8 Å². The van der Waals surface area contributed by atoms with Gasteiger partial charge in [-0.1, -0.05) is 27.7 Å². The zero-order chi connectivity index (χ0) is 21.9. The molecule has 4 atom stereocenters. The van der Waals surface area contributed by atoms with Crippen LogP contribution in [-0.2, 0) is 14.2 Å². The highest BCUT2D eigenvalue weighted by atomic mass is 16.5. The summed E-state index contributed by atoms with van der Waals surface area (Å²) in [5.74, 6) is 1.84. The van der Waals surface area contributed by atoms with Crippen LogP contribution < -0.4 is 5.73 Å². The molecule has 1 fully saturated rings. The lowest BCUT2D eigenvalue weighted by Gasteiger charge is -2.44. The molecule has 0 aromatic carbocycles. The van der Waals surface area contributed by atoms with Crippen LogP contribution in [0, 0.1) is 29.6 Å². The van der Waals surface area contributed by atoms with E-state index in [9.17, 15) is 5.11 Å². The van der Waals surface area contributed by atoms with Crippen LogP contribution in [0.2, 0.25) is 0 Å². The first-order chi connectivity index (χ1) is 12.6. The Morgan fingerprint density at radius 3 is 2.04 bits per heavy atom. The predicted molar refractivity (Wildman–Crippen MR) is 115 cm³/mol. The Kier molecular flexibility index (Phi) is 8.99. The largest absolute Gasteiger partial charge is 0.388 e. The summed E-state index contributed by atoms with van der Waals surface area (Å²) in [5, 5.41) is 10.2. The van der Waals surface area contributed by atoms with Crippen LogP contribution in [0.5, 0.6) is 0 Å². The van der Waals surface area contributed by atoms with Crippen LogP contribution in [0.25, 0.3) is 0 Å². The molecule has 0 aromatic rings. The fraction of sp³-hybridized carbons (Fsp3) is 1.00. The number of rotatable bonds is 11. The summed E-state index contributed by atoms with van der Waals surface area (Å²) in [6.07, 6.45) is 1.10. The number of hydrogen-bond donors (Lipinski definition) is 2. The smallest absolute Gasteiger partial charge is 0.0947 e. The zero-order valence-corrected chi connectivity index (χ0v) is 20.0. The van der Waals surface area contributed by atoms with Crippen molar-refractivity contribution in [1.82, 2.24) is 0 Å². The number of nitrogens with two attached hydrogens (primary N) is 1. The van der Waals surface area contributed by atoms with Gasteiger partial charge < -0.3 is 25.1 Å². The maximum Gasteiger partial charge on any atom is 0.0947 e. The Morgan fingerprint density at radius 2 is 1.61 bits per heavy atom. The van der Waals surface area contributed by atoms with Crippen LogP contribution in [-0.4, -0.2) is 48.0 Å². The highest BCUT2D eigenvalue weighted by Gasteiger charge is 2.52. The van der Waals surface area contributed by atoms with Crippen LogP contribution in [0.1, 0.15) is 75.7 Å². The number of ether oxygens (including phenoxy) is 3. The lowest BCUT2D eigenvalue weighted by Crippen LogP contribution is -2.49. The minimum absolute atomic E-state index is 0.0878. The van der Waals surface area contributed by atoms with E-state index in [0.29, 0.717) is 31.0 Å². The molecule has 1 saturated heterocycles. The van der Waals surface area contributed by atoms with Gasteiger partial charge in [-0.05, 0) is 65.7 Å². The first kappa shape index (κ1) is 25.8. The molecule has 0 spiro atoms. The van der Waals surface area contributed by atoms with Crippen LogP contribution in [0.3, 0.4) is 0 Å². The Hall–Kier alpha value is -0.200. The van der Waals surface area contributed by atoms with Crippen molar-refractivity contribution in [3.8, 4) is 0 Å². The van der Waals surface area contributed by atoms with Crippen LogP contribution >= 0.6 is 0 Å². The van der Waals surface area contributed by atoms with Crippen LogP contribution in [0.4, 0.5) is 0 Å². The van der Waals surface area contributed by atoms with Gasteiger partial charge in [0.2, 0.25) is 0 Å². The normalized spacial score (nSPS) is 25.7. The molecular weight excluding hydrogens is 354 g/mol. The van der Waals surface area contributed by atoms with Crippen molar-refractivity contribution in [2.24, 2.45) is 35.3 Å². The first-order valence-electron chi connectivity index (χ1n) is 10.9. The molecule has 1 heterocycles. The Morgan fingerprint density at radius 1 is 1.04 bits per heavy atom. The molecule has 0 radical (unpaired) electrons. The number of aliphatic hydroxyl groups is 1. The van der Waals surface area contributed by atoms with E-state index in [1.807, 2.05) is 0 Å². The van der Waals surface area contributed by atoms with Crippen molar-refractivity contribution in [2.45, 2.75) is 98.6 Å². The summed E-state index contributed by atoms with van der Waals surface area (Å²) in [6.45, 7) is 22.3. The van der Waals surface area contributed by atoms with Gasteiger partial charge in [-0.2, -0.15) is 0 Å². The molecule has 1 rings (SSSR count). The summed E-state index contributed by atoms with van der Waals surface area (Å²) < 4.78 is 18.7. The highest BCUT2D eigenvalue weighted by Crippen LogP contribution is 2.47. The first-order valence-corrected chi connectivity index (χ1v) is 10.9. The summed E-state index contributed by atoms with van der Waals surface area (Å²) in [6, 6.07) is 0. The SMILES string of the molecule is CC(C)CC(C1OCC(C(C)(C)OCN)C1C(C)C)C(C)(C)OCC(C)(C)O. The van der Waals surface area contributed by atoms with Gasteiger partial charge in [-0.3, -0.25) is 0 Å². The third-order valence-corrected chi connectivity index (χ3v) is 6.24. The van der Waals surface area contributed by atoms with Crippen molar-refractivity contribution in [2.75, 3.05) is 19.9 Å². The average molecular weight is 402 g/mol. The lowest BCUT2D eigenvalue weighted by atomic mass is 9.67. The summed E-state index contributed by atoms with van der Waals surface area (Å²) in [7, 11) is 0. The van der Waals surface area contributed by atoms with E-state index in [-0.39, 0.29) is 30.3 Å². The van der Waals surface area contributed by atoms with Crippen molar-refractivity contribution >= 4 is 0 Å². The molecule has 28 heavy (non-hydrogen) atoms. The molecule has 5 nitrogen and oxygen atoms in total. The fourth-order valence-corrected chi connectivity index (χ4v) is 4.67. The van der Waals surface area contributed by atoms with E-state index in [1.165, 1.54) is 0 Å². The van der Waals surface area contributed by atoms with Crippen LogP contribution in [0.15, 0.2) is 0 Å². The van der Waals surface area contributed by atoms with Crippen molar-refractivity contribution in [3.63, 3.8) is 0 Å². The van der Waals surface area contributed by atoms with Gasteiger partial charge in [0.25, 0.3) is 0 Å². The quantitative estimate of drug-likeness (QED) is 0.507. The van der Waals surface area contributed by atoms with Gasteiger partial charge in [0.1, 0.15) is 0 Å². The van der Waals surface area contributed by atoms with Gasteiger partial charge in [0.05, 0.1) is 42.9 Å². The minimum atomic E-state index is -0.854. The molecule has 0 aromatic heterocycles. The van der Waals surface area contributed by atoms with E-state index in [4.69, 9.17) is 19.9 Å². The molecule has 3 N–H and O–H groups in total. The number of hydrogen-bond acceptors (Lipinski definition) is 5. The molecule has 1 aliphatic heterocycles. The third-order valence-electron chi connectivity index (χ3n) is 6.24. The molecule has 5 heteroatoms. The van der Waals surface area contributed by atoms with Crippen molar-refractivity contribution < 1.29 is 19.3 Å². The highest BCUT2D eigenvalue weighted by molar-refractivity contribution is 5.00. The zero-order valence-electron chi connectivity index (χ0n) is 20.0. The average Bonchev–Trinajstić information content (AvgIpc) is 2.95. The van der Waals surface area contributed by atoms with E-state index in [0.717, 1.165) is 6.42 Å². The van der Waals surface area contributed by atoms with Gasteiger partial charge in [-0.25, -0.2) is 0 Å². The van der Waals surface area contributed by atoms with Gasteiger partial charge in [-0.15, -0.1) is 0 Å². The lowest BCUT2D eigenvalue weighted by molar-refractivity contribution is -0.149. The molecule has 1 aliphatic rings. The predicted octanol–water partition coefficient (Wildman–Crippen LogP) is 4.21. The third kappa shape index (κ3) is 6.94.